The maximum absolute atomic E-state index is 12.7. The highest BCUT2D eigenvalue weighted by Gasteiger charge is 2.23. The molecule has 1 heterocycles. The quantitative estimate of drug-likeness (QED) is 0.483. The van der Waals surface area contributed by atoms with Crippen molar-refractivity contribution < 1.29 is 4.55 Å². The Labute approximate surface area is 137 Å². The van der Waals surface area contributed by atoms with Crippen molar-refractivity contribution in [3.05, 3.63) is 36.4 Å². The summed E-state index contributed by atoms with van der Waals surface area (Å²) in [5.74, 6) is 0. The molecule has 0 aliphatic heterocycles. The van der Waals surface area contributed by atoms with Crippen molar-refractivity contribution in [1.29, 1.82) is 0 Å². The van der Waals surface area contributed by atoms with Crippen LogP contribution in [0.4, 0.5) is 0 Å². The van der Waals surface area contributed by atoms with E-state index in [0.717, 1.165) is 9.40 Å². The van der Waals surface area contributed by atoms with Gasteiger partial charge in [0.15, 0.2) is 9.40 Å². The van der Waals surface area contributed by atoms with E-state index in [4.69, 9.17) is 0 Å². The Morgan fingerprint density at radius 2 is 1.05 bits per heavy atom. The predicted octanol–water partition coefficient (Wildman–Crippen LogP) is 4.81. The molecule has 0 saturated heterocycles. The molecular formula is C18H24OSSi2. The van der Waals surface area contributed by atoms with Gasteiger partial charge in [-0.05, 0) is 35.0 Å². The molecule has 0 fully saturated rings. The third-order valence-electron chi connectivity index (χ3n) is 4.38. The Morgan fingerprint density at radius 3 is 1.36 bits per heavy atom. The molecule has 0 spiro atoms. The molecule has 0 unspecified atom stereocenters. The fourth-order valence-corrected chi connectivity index (χ4v) is 6.53. The van der Waals surface area contributed by atoms with Gasteiger partial charge in [-0.1, -0.05) is 61.8 Å². The summed E-state index contributed by atoms with van der Waals surface area (Å²) in [5.41, 5.74) is 0. The molecule has 1 nitrogen and oxygen atoms in total. The number of fused-ring (bicyclic) bond motifs is 3. The lowest BCUT2D eigenvalue weighted by Gasteiger charge is -2.16. The van der Waals surface area contributed by atoms with E-state index in [-0.39, 0.29) is 0 Å². The molecule has 0 amide bonds. The molecule has 22 heavy (non-hydrogen) atoms. The van der Waals surface area contributed by atoms with Crippen LogP contribution in [0.5, 0.6) is 0 Å². The van der Waals surface area contributed by atoms with E-state index in [1.54, 1.807) is 0 Å². The van der Waals surface area contributed by atoms with Gasteiger partial charge in [-0.25, -0.2) is 0 Å². The normalized spacial score (nSPS) is 13.2. The van der Waals surface area contributed by atoms with Gasteiger partial charge in [0.25, 0.3) is 0 Å². The highest BCUT2D eigenvalue weighted by atomic mass is 32.2. The summed E-state index contributed by atoms with van der Waals surface area (Å²) >= 11 is 0. The summed E-state index contributed by atoms with van der Waals surface area (Å²) in [7, 11) is -3.73. The van der Waals surface area contributed by atoms with E-state index in [1.807, 2.05) is 0 Å². The third-order valence-corrected chi connectivity index (χ3v) is 9.98. The SMILES string of the molecule is C[Si](C)(C)c1ccc2c(c1)c1cc([Si](C)(C)C)ccc1[s+]2[O-]. The van der Waals surface area contributed by atoms with Crippen LogP contribution in [0.25, 0.3) is 20.2 Å². The molecule has 0 radical (unpaired) electrons. The molecule has 0 bridgehead atoms. The van der Waals surface area contributed by atoms with Crippen LogP contribution in [-0.4, -0.2) is 20.7 Å². The Hall–Kier alpha value is -0.946. The first kappa shape index (κ1) is 15.9. The number of hydrogen-bond acceptors (Lipinski definition) is 1. The fraction of sp³-hybridized carbons (Fsp3) is 0.333. The van der Waals surface area contributed by atoms with Gasteiger partial charge < -0.3 is 4.55 Å². The Bertz CT molecular complexity index is 795. The lowest BCUT2D eigenvalue weighted by atomic mass is 10.1. The fourth-order valence-electron chi connectivity index (χ4n) is 2.86. The van der Waals surface area contributed by atoms with Crippen LogP contribution >= 0.6 is 10.8 Å². The third kappa shape index (κ3) is 2.58. The van der Waals surface area contributed by atoms with Crippen molar-refractivity contribution in [3.8, 4) is 0 Å². The summed E-state index contributed by atoms with van der Waals surface area (Å²) in [4.78, 5) is 0. The highest BCUT2D eigenvalue weighted by molar-refractivity contribution is 7.37. The summed E-state index contributed by atoms with van der Waals surface area (Å²) in [6.07, 6.45) is 0. The van der Waals surface area contributed by atoms with Crippen molar-refractivity contribution >= 4 is 57.4 Å². The molecular weight excluding hydrogens is 320 g/mol. The van der Waals surface area contributed by atoms with Crippen LogP contribution in [-0.2, 0) is 0 Å². The lowest BCUT2D eigenvalue weighted by Crippen LogP contribution is -2.37. The minimum absolute atomic E-state index is 0.990. The van der Waals surface area contributed by atoms with Crippen molar-refractivity contribution in [1.82, 2.24) is 0 Å². The van der Waals surface area contributed by atoms with E-state index in [9.17, 15) is 4.55 Å². The molecule has 1 aromatic heterocycles. The van der Waals surface area contributed by atoms with Crippen molar-refractivity contribution in [2.75, 3.05) is 0 Å². The highest BCUT2D eigenvalue weighted by Crippen LogP contribution is 2.39. The number of hydrogen-bond donors (Lipinski definition) is 0. The van der Waals surface area contributed by atoms with Gasteiger partial charge >= 0.3 is 0 Å². The van der Waals surface area contributed by atoms with Crippen molar-refractivity contribution in [2.45, 2.75) is 39.3 Å². The first-order valence-corrected chi connectivity index (χ1v) is 16.0. The topological polar surface area (TPSA) is 23.1 Å². The first-order chi connectivity index (χ1) is 10.1. The summed E-state index contributed by atoms with van der Waals surface area (Å²) in [6, 6.07) is 13.2. The number of rotatable bonds is 2. The Morgan fingerprint density at radius 1 is 0.682 bits per heavy atom. The van der Waals surface area contributed by atoms with Crippen molar-refractivity contribution in [2.24, 2.45) is 0 Å². The minimum atomic E-state index is -1.36. The van der Waals surface area contributed by atoms with E-state index in [1.165, 1.54) is 21.1 Å². The molecule has 0 atom stereocenters. The van der Waals surface area contributed by atoms with Gasteiger partial charge in [0, 0.05) is 10.8 Å². The molecule has 3 rings (SSSR count). The van der Waals surface area contributed by atoms with Crippen LogP contribution in [0.3, 0.4) is 0 Å². The van der Waals surface area contributed by atoms with E-state index in [2.05, 4.69) is 75.7 Å². The molecule has 0 aliphatic rings. The average molecular weight is 345 g/mol. The molecule has 0 N–H and O–H groups in total. The monoisotopic (exact) mass is 344 g/mol. The molecule has 4 heteroatoms. The van der Waals surface area contributed by atoms with Crippen LogP contribution < -0.4 is 10.4 Å². The zero-order valence-corrected chi connectivity index (χ0v) is 17.1. The molecule has 0 aliphatic carbocycles. The van der Waals surface area contributed by atoms with Gasteiger partial charge in [0.2, 0.25) is 0 Å². The van der Waals surface area contributed by atoms with E-state index in [0.29, 0.717) is 0 Å². The summed E-state index contributed by atoms with van der Waals surface area (Å²) < 4.78 is 14.7. The predicted molar refractivity (Wildman–Crippen MR) is 106 cm³/mol. The smallest absolute Gasteiger partial charge is 0.180 e. The maximum Gasteiger partial charge on any atom is 0.180 e. The van der Waals surface area contributed by atoms with Gasteiger partial charge in [0.1, 0.15) is 0 Å². The zero-order chi connectivity index (χ0) is 16.3. The summed E-state index contributed by atoms with van der Waals surface area (Å²) in [5, 5.41) is 5.28. The summed E-state index contributed by atoms with van der Waals surface area (Å²) in [6.45, 7) is 14.2. The van der Waals surface area contributed by atoms with Gasteiger partial charge in [-0.15, -0.1) is 0 Å². The van der Waals surface area contributed by atoms with Crippen LogP contribution in [0, 0.1) is 0 Å². The first-order valence-electron chi connectivity index (χ1n) is 7.80. The largest absolute Gasteiger partial charge is 0.590 e. The zero-order valence-electron chi connectivity index (χ0n) is 14.3. The van der Waals surface area contributed by atoms with Gasteiger partial charge in [-0.3, -0.25) is 0 Å². The average Bonchev–Trinajstić information content (AvgIpc) is 2.70. The standard InChI is InChI=1S/C18H24OSSi2/c1-21(2,3)13-7-9-17-15(11-13)16-12-14(22(4,5)6)8-10-18(16)20(17)19/h7-12H,1-6H3. The molecule has 0 saturated carbocycles. The van der Waals surface area contributed by atoms with Crippen LogP contribution in [0.15, 0.2) is 36.4 Å². The lowest BCUT2D eigenvalue weighted by molar-refractivity contribution is 0.602. The Balaban J connectivity index is 2.38. The van der Waals surface area contributed by atoms with Crippen molar-refractivity contribution in [3.63, 3.8) is 0 Å². The van der Waals surface area contributed by atoms with Gasteiger partial charge in [-0.2, -0.15) is 0 Å². The van der Waals surface area contributed by atoms with Crippen LogP contribution in [0.1, 0.15) is 0 Å². The number of benzene rings is 2. The van der Waals surface area contributed by atoms with Crippen LogP contribution in [0.2, 0.25) is 39.3 Å². The second-order valence-electron chi connectivity index (χ2n) is 8.19. The molecule has 116 valence electrons. The van der Waals surface area contributed by atoms with Gasteiger partial charge in [0.05, 0.1) is 16.1 Å². The van der Waals surface area contributed by atoms with E-state index < -0.39 is 26.9 Å². The minimum Gasteiger partial charge on any atom is -0.590 e. The number of thiophene rings is 1. The molecule has 3 aromatic rings. The molecule has 2 aromatic carbocycles. The second kappa shape index (κ2) is 5.03. The maximum atomic E-state index is 12.7. The second-order valence-corrected chi connectivity index (χ2v) is 19.8. The Kier molecular flexibility index (Phi) is 3.64. The van der Waals surface area contributed by atoms with E-state index >= 15 is 0 Å².